The molecule has 124 valence electrons. The monoisotopic (exact) mass is 338 g/mol. The van der Waals surface area contributed by atoms with Gasteiger partial charge in [0.2, 0.25) is 0 Å². The summed E-state index contributed by atoms with van der Waals surface area (Å²) in [6.45, 7) is -0.751. The Labute approximate surface area is 122 Å². The summed E-state index contributed by atoms with van der Waals surface area (Å²) < 4.78 is 17.1. The highest BCUT2D eigenvalue weighted by Gasteiger charge is 2.58. The number of aliphatic hydroxyl groups excluding tert-OH is 3. The predicted octanol–water partition coefficient (Wildman–Crippen LogP) is -3.52. The molecule has 0 aromatic carbocycles. The lowest BCUT2D eigenvalue weighted by Gasteiger charge is -2.33. The zero-order valence-corrected chi connectivity index (χ0v) is 12.0. The second kappa shape index (κ2) is 5.70. The first-order valence-electron chi connectivity index (χ1n) is 6.12. The van der Waals surface area contributed by atoms with Gasteiger partial charge in [-0.25, -0.2) is 4.79 Å². The molecule has 1 fully saturated rings. The number of ether oxygens (including phenoxy) is 1. The van der Waals surface area contributed by atoms with Crippen LogP contribution in [0.15, 0.2) is 21.9 Å². The van der Waals surface area contributed by atoms with E-state index < -0.39 is 55.7 Å². The van der Waals surface area contributed by atoms with Gasteiger partial charge in [0.15, 0.2) is 5.72 Å². The minimum atomic E-state index is -4.81. The molecule has 0 unspecified atom stereocenters. The zero-order valence-electron chi connectivity index (χ0n) is 11.1. The Morgan fingerprint density at radius 3 is 2.45 bits per heavy atom. The Hall–Kier alpha value is -1.33. The van der Waals surface area contributed by atoms with Crippen molar-refractivity contribution in [3.05, 3.63) is 33.1 Å². The Balaban J connectivity index is 2.64. The molecule has 12 heteroatoms. The predicted molar refractivity (Wildman–Crippen MR) is 70.2 cm³/mol. The van der Waals surface area contributed by atoms with E-state index in [1.54, 1.807) is 0 Å². The number of hydrogen-bond acceptors (Lipinski definition) is 7. The lowest BCUT2D eigenvalue weighted by atomic mass is 10.0. The molecule has 0 saturated carbocycles. The van der Waals surface area contributed by atoms with Crippen molar-refractivity contribution in [2.24, 2.45) is 0 Å². The van der Waals surface area contributed by atoms with E-state index in [0.29, 0.717) is 4.57 Å². The summed E-state index contributed by atoms with van der Waals surface area (Å²) >= 11 is 0. The van der Waals surface area contributed by atoms with E-state index >= 15 is 0 Å². The van der Waals surface area contributed by atoms with Crippen molar-refractivity contribution in [2.75, 3.05) is 12.8 Å². The average molecular weight is 338 g/mol. The molecule has 0 amide bonds. The lowest BCUT2D eigenvalue weighted by Crippen LogP contribution is -2.53. The molecule has 11 nitrogen and oxygen atoms in total. The summed E-state index contributed by atoms with van der Waals surface area (Å²) in [4.78, 5) is 43.2. The normalized spacial score (nSPS) is 32.3. The number of H-pyrrole nitrogens is 1. The second-order valence-corrected chi connectivity index (χ2v) is 6.57. The van der Waals surface area contributed by atoms with E-state index in [1.165, 1.54) is 0 Å². The van der Waals surface area contributed by atoms with Crippen LogP contribution < -0.4 is 11.2 Å². The van der Waals surface area contributed by atoms with Gasteiger partial charge >= 0.3 is 13.3 Å². The number of rotatable bonds is 4. The first kappa shape index (κ1) is 17.0. The Bertz CT molecular complexity index is 709. The van der Waals surface area contributed by atoms with Crippen molar-refractivity contribution in [2.45, 2.75) is 24.0 Å². The topological polar surface area (TPSA) is 182 Å². The van der Waals surface area contributed by atoms with E-state index in [1.807, 2.05) is 4.98 Å². The molecular formula is C10H15N2O9P. The van der Waals surface area contributed by atoms with Crippen LogP contribution in [0.3, 0.4) is 0 Å². The summed E-state index contributed by atoms with van der Waals surface area (Å²) in [5, 5.41) is 29.1. The highest BCUT2D eigenvalue weighted by atomic mass is 31.2. The molecule has 6 N–H and O–H groups in total. The van der Waals surface area contributed by atoms with Crippen LogP contribution in [0.1, 0.15) is 0 Å². The summed E-state index contributed by atoms with van der Waals surface area (Å²) in [5.74, 6) is 0. The fourth-order valence-corrected chi connectivity index (χ4v) is 3.44. The highest BCUT2D eigenvalue weighted by Crippen LogP contribution is 2.46. The van der Waals surface area contributed by atoms with Crippen molar-refractivity contribution in [3.63, 3.8) is 0 Å². The molecule has 0 aliphatic carbocycles. The van der Waals surface area contributed by atoms with E-state index in [4.69, 9.17) is 9.84 Å². The maximum atomic E-state index is 11.9. The SMILES string of the molecule is O=c1ccn([C@]2(CP(=O)(O)O)O[C@H](CO)[C@@H](O)[C@H]2O)c(=O)[nH]1. The number of aromatic amines is 1. The molecule has 0 radical (unpaired) electrons. The highest BCUT2D eigenvalue weighted by molar-refractivity contribution is 7.51. The molecule has 1 aliphatic rings. The summed E-state index contributed by atoms with van der Waals surface area (Å²) in [5.41, 5.74) is -4.18. The lowest BCUT2D eigenvalue weighted by molar-refractivity contribution is -0.136. The first-order chi connectivity index (χ1) is 10.1. The smallest absolute Gasteiger partial charge is 0.330 e. The van der Waals surface area contributed by atoms with Crippen LogP contribution in [-0.2, 0) is 15.0 Å². The number of aliphatic hydroxyl groups is 3. The van der Waals surface area contributed by atoms with Crippen LogP contribution >= 0.6 is 7.60 Å². The first-order valence-corrected chi connectivity index (χ1v) is 7.92. The molecule has 0 bridgehead atoms. The van der Waals surface area contributed by atoms with Crippen molar-refractivity contribution >= 4 is 7.60 Å². The van der Waals surface area contributed by atoms with E-state index in [-0.39, 0.29) is 0 Å². The van der Waals surface area contributed by atoms with Crippen molar-refractivity contribution < 1.29 is 34.4 Å². The Morgan fingerprint density at radius 2 is 2.00 bits per heavy atom. The van der Waals surface area contributed by atoms with Crippen LogP contribution in [-0.4, -0.2) is 65.7 Å². The third kappa shape index (κ3) is 2.92. The van der Waals surface area contributed by atoms with Gasteiger partial charge in [0.05, 0.1) is 6.61 Å². The average Bonchev–Trinajstić information content (AvgIpc) is 2.62. The van der Waals surface area contributed by atoms with Crippen LogP contribution in [0.2, 0.25) is 0 Å². The fourth-order valence-electron chi connectivity index (χ4n) is 2.43. The van der Waals surface area contributed by atoms with Gasteiger partial charge in [0, 0.05) is 12.3 Å². The molecule has 22 heavy (non-hydrogen) atoms. The largest absolute Gasteiger partial charge is 0.394 e. The Morgan fingerprint density at radius 1 is 1.36 bits per heavy atom. The van der Waals surface area contributed by atoms with E-state index in [0.717, 1.165) is 12.3 Å². The number of nitrogens with one attached hydrogen (secondary N) is 1. The van der Waals surface area contributed by atoms with Gasteiger partial charge in [0.1, 0.15) is 24.5 Å². The summed E-state index contributed by atoms with van der Waals surface area (Å²) in [7, 11) is -4.81. The molecule has 2 heterocycles. The van der Waals surface area contributed by atoms with Crippen molar-refractivity contribution in [1.82, 2.24) is 9.55 Å². The minimum absolute atomic E-state index is 0.580. The third-order valence-corrected chi connectivity index (χ3v) is 4.23. The van der Waals surface area contributed by atoms with Gasteiger partial charge in [-0.05, 0) is 0 Å². The molecule has 2 rings (SSSR count). The van der Waals surface area contributed by atoms with Crippen LogP contribution in [0, 0.1) is 0 Å². The number of hydrogen-bond donors (Lipinski definition) is 6. The molecule has 1 aromatic heterocycles. The standard InChI is InChI=1S/C10H15N2O9P/c13-3-5-7(15)8(16)10(21-5,4-22(18,19)20)12-2-1-6(14)11-9(12)17/h1-2,5,7-8,13,15-16H,3-4H2,(H,11,14,17)(H2,18,19,20)/t5-,7-,8-,10-/m1/s1. The quantitative estimate of drug-likeness (QED) is 0.303. The van der Waals surface area contributed by atoms with Crippen molar-refractivity contribution in [1.29, 1.82) is 0 Å². The summed E-state index contributed by atoms with van der Waals surface area (Å²) in [6.07, 6.45) is -5.22. The van der Waals surface area contributed by atoms with Gasteiger partial charge in [-0.2, -0.15) is 0 Å². The Kier molecular flexibility index (Phi) is 4.42. The second-order valence-electron chi connectivity index (χ2n) is 4.92. The number of nitrogens with zero attached hydrogens (tertiary/aromatic N) is 1. The van der Waals surface area contributed by atoms with Crippen LogP contribution in [0.5, 0.6) is 0 Å². The van der Waals surface area contributed by atoms with Gasteiger partial charge in [-0.15, -0.1) is 0 Å². The minimum Gasteiger partial charge on any atom is -0.394 e. The maximum absolute atomic E-state index is 11.9. The van der Waals surface area contributed by atoms with E-state index in [2.05, 4.69) is 0 Å². The molecule has 4 atom stereocenters. The maximum Gasteiger partial charge on any atom is 0.330 e. The molecule has 1 aromatic rings. The molecule has 0 spiro atoms. The van der Waals surface area contributed by atoms with Crippen LogP contribution in [0.4, 0.5) is 0 Å². The van der Waals surface area contributed by atoms with Gasteiger partial charge in [-0.3, -0.25) is 18.9 Å². The van der Waals surface area contributed by atoms with Crippen molar-refractivity contribution in [3.8, 4) is 0 Å². The van der Waals surface area contributed by atoms with Gasteiger partial charge in [-0.1, -0.05) is 0 Å². The zero-order chi connectivity index (χ0) is 16.7. The van der Waals surface area contributed by atoms with Gasteiger partial charge in [0.25, 0.3) is 5.56 Å². The fraction of sp³-hybridized carbons (Fsp3) is 0.600. The third-order valence-electron chi connectivity index (χ3n) is 3.37. The molecule has 1 saturated heterocycles. The molecule has 1 aliphatic heterocycles. The molecular weight excluding hydrogens is 323 g/mol. The van der Waals surface area contributed by atoms with Crippen LogP contribution in [0.25, 0.3) is 0 Å². The van der Waals surface area contributed by atoms with E-state index in [9.17, 15) is 34.2 Å². The number of aromatic nitrogens is 2. The van der Waals surface area contributed by atoms with Gasteiger partial charge < -0.3 is 29.8 Å². The summed E-state index contributed by atoms with van der Waals surface area (Å²) in [6, 6.07) is 0.886.